The zero-order valence-electron chi connectivity index (χ0n) is 14.5. The number of hydrogen-bond acceptors (Lipinski definition) is 1. The van der Waals surface area contributed by atoms with Crippen molar-refractivity contribution < 1.29 is 4.74 Å². The quantitative estimate of drug-likeness (QED) is 0.281. The molecule has 0 aromatic rings. The van der Waals surface area contributed by atoms with Crippen LogP contribution >= 0.6 is 22.6 Å². The summed E-state index contributed by atoms with van der Waals surface area (Å²) in [6, 6.07) is 0. The lowest BCUT2D eigenvalue weighted by molar-refractivity contribution is 0.0583. The molecule has 2 aliphatic carbocycles. The second-order valence-corrected chi connectivity index (χ2v) is 9.44. The molecule has 0 radical (unpaired) electrons. The maximum absolute atomic E-state index is 5.77. The monoisotopic (exact) mass is 428 g/mol. The largest absolute Gasteiger partial charge is 0.367 e. The Labute approximate surface area is 156 Å². The van der Waals surface area contributed by atoms with Gasteiger partial charge in [-0.25, -0.2) is 0 Å². The summed E-state index contributed by atoms with van der Waals surface area (Å²) >= 11 is 2.41. The number of allylic oxidation sites excluding steroid dienone is 2. The van der Waals surface area contributed by atoms with Gasteiger partial charge in [0.15, 0.2) is 0 Å². The molecule has 3 fully saturated rings. The van der Waals surface area contributed by atoms with Crippen LogP contribution in [0.2, 0.25) is 0 Å². The standard InChI is InChI=1S/C21H33IO/c1-2-16-5-10-19(11-6-16)20-12-7-17(8-13-20)3-4-18-9-14-21(22)23-15-18/h2-4,16-21H,1,5-15H2/b4-3+. The molecule has 0 aromatic heterocycles. The first-order valence-corrected chi connectivity index (χ1v) is 11.1. The van der Waals surface area contributed by atoms with Crippen LogP contribution in [0.25, 0.3) is 0 Å². The van der Waals surface area contributed by atoms with Gasteiger partial charge in [0, 0.05) is 5.92 Å². The number of rotatable bonds is 4. The van der Waals surface area contributed by atoms with Crippen molar-refractivity contribution in [3.05, 3.63) is 24.8 Å². The van der Waals surface area contributed by atoms with E-state index >= 15 is 0 Å². The SMILES string of the molecule is C=CC1CCC(C2CCC(/C=C/C3CCC(I)OC3)CC2)CC1. The Morgan fingerprint density at radius 3 is 1.74 bits per heavy atom. The van der Waals surface area contributed by atoms with Crippen molar-refractivity contribution in [2.45, 2.75) is 68.3 Å². The van der Waals surface area contributed by atoms with Crippen LogP contribution in [0.1, 0.15) is 64.2 Å². The van der Waals surface area contributed by atoms with Crippen molar-refractivity contribution in [1.29, 1.82) is 0 Å². The van der Waals surface area contributed by atoms with Gasteiger partial charge >= 0.3 is 0 Å². The van der Waals surface area contributed by atoms with Crippen LogP contribution in [0.4, 0.5) is 0 Å². The zero-order valence-corrected chi connectivity index (χ0v) is 16.6. The van der Waals surface area contributed by atoms with Crippen LogP contribution in [0.15, 0.2) is 24.8 Å². The minimum Gasteiger partial charge on any atom is -0.367 e. The van der Waals surface area contributed by atoms with E-state index in [0.29, 0.717) is 10.0 Å². The highest BCUT2D eigenvalue weighted by molar-refractivity contribution is 14.1. The number of halogens is 1. The predicted molar refractivity (Wildman–Crippen MR) is 107 cm³/mol. The van der Waals surface area contributed by atoms with Crippen molar-refractivity contribution in [2.24, 2.45) is 29.6 Å². The molecule has 1 nitrogen and oxygen atoms in total. The molecular formula is C21H33IO. The fourth-order valence-electron chi connectivity index (χ4n) is 4.87. The summed E-state index contributed by atoms with van der Waals surface area (Å²) in [5.41, 5.74) is 0. The lowest BCUT2D eigenvalue weighted by Gasteiger charge is -2.37. The van der Waals surface area contributed by atoms with Crippen molar-refractivity contribution >= 4 is 22.6 Å². The molecule has 0 spiro atoms. The molecule has 0 N–H and O–H groups in total. The van der Waals surface area contributed by atoms with Crippen molar-refractivity contribution in [2.75, 3.05) is 6.61 Å². The molecular weight excluding hydrogens is 395 g/mol. The predicted octanol–water partition coefficient (Wildman–Crippen LogP) is 6.53. The first kappa shape index (κ1) is 18.0. The van der Waals surface area contributed by atoms with Gasteiger partial charge in [-0.3, -0.25) is 0 Å². The third kappa shape index (κ3) is 5.32. The van der Waals surface area contributed by atoms with Crippen LogP contribution in [-0.4, -0.2) is 10.7 Å². The average Bonchev–Trinajstić information content (AvgIpc) is 2.62. The zero-order chi connectivity index (χ0) is 16.1. The number of alkyl halides is 1. The molecule has 1 heterocycles. The van der Waals surface area contributed by atoms with E-state index in [1.165, 1.54) is 64.2 Å². The Kier molecular flexibility index (Phi) is 7.06. The second kappa shape index (κ2) is 9.03. The molecule has 1 saturated heterocycles. The lowest BCUT2D eigenvalue weighted by Crippen LogP contribution is -2.25. The molecule has 3 rings (SSSR count). The third-order valence-corrected chi connectivity index (χ3v) is 7.53. The van der Waals surface area contributed by atoms with Gasteiger partial charge in [-0.15, -0.1) is 6.58 Å². The maximum Gasteiger partial charge on any atom is 0.108 e. The van der Waals surface area contributed by atoms with Gasteiger partial charge in [0.05, 0.1) is 6.61 Å². The van der Waals surface area contributed by atoms with Crippen molar-refractivity contribution in [3.63, 3.8) is 0 Å². The van der Waals surface area contributed by atoms with Gasteiger partial charge < -0.3 is 4.74 Å². The highest BCUT2D eigenvalue weighted by atomic mass is 127. The molecule has 0 amide bonds. The van der Waals surface area contributed by atoms with Gasteiger partial charge in [0.2, 0.25) is 0 Å². The topological polar surface area (TPSA) is 9.23 Å². The Balaban J connectivity index is 1.38. The molecule has 0 bridgehead atoms. The molecule has 3 aliphatic rings. The molecule has 23 heavy (non-hydrogen) atoms. The first-order valence-electron chi connectivity index (χ1n) is 9.81. The highest BCUT2D eigenvalue weighted by Crippen LogP contribution is 2.41. The van der Waals surface area contributed by atoms with Crippen LogP contribution in [-0.2, 0) is 4.74 Å². The van der Waals surface area contributed by atoms with E-state index in [-0.39, 0.29) is 0 Å². The summed E-state index contributed by atoms with van der Waals surface area (Å²) in [6.45, 7) is 4.91. The van der Waals surface area contributed by atoms with Crippen LogP contribution in [0.5, 0.6) is 0 Å². The van der Waals surface area contributed by atoms with Crippen LogP contribution in [0.3, 0.4) is 0 Å². The number of hydrogen-bond donors (Lipinski definition) is 0. The molecule has 1 aliphatic heterocycles. The van der Waals surface area contributed by atoms with Crippen LogP contribution < -0.4 is 0 Å². The minimum atomic E-state index is 0.448. The molecule has 2 heteroatoms. The van der Waals surface area contributed by atoms with Crippen LogP contribution in [0, 0.1) is 29.6 Å². The second-order valence-electron chi connectivity index (χ2n) is 8.05. The van der Waals surface area contributed by atoms with E-state index in [9.17, 15) is 0 Å². The lowest BCUT2D eigenvalue weighted by atomic mass is 9.69. The smallest absolute Gasteiger partial charge is 0.108 e. The third-order valence-electron chi connectivity index (χ3n) is 6.54. The van der Waals surface area contributed by atoms with Gasteiger partial charge in [0.25, 0.3) is 0 Å². The fraction of sp³-hybridized carbons (Fsp3) is 0.810. The van der Waals surface area contributed by atoms with Crippen molar-refractivity contribution in [3.8, 4) is 0 Å². The Morgan fingerprint density at radius 2 is 1.22 bits per heavy atom. The summed E-state index contributed by atoms with van der Waals surface area (Å²) in [4.78, 5) is 0. The molecule has 130 valence electrons. The fourth-order valence-corrected chi connectivity index (χ4v) is 5.43. The van der Waals surface area contributed by atoms with Gasteiger partial charge in [-0.1, -0.05) is 40.8 Å². The van der Waals surface area contributed by atoms with E-state index in [0.717, 1.165) is 30.3 Å². The number of ether oxygens (including phenoxy) is 1. The maximum atomic E-state index is 5.77. The van der Waals surface area contributed by atoms with E-state index in [2.05, 4.69) is 47.4 Å². The van der Waals surface area contributed by atoms with E-state index in [4.69, 9.17) is 4.74 Å². The normalized spacial score (nSPS) is 42.7. The molecule has 2 atom stereocenters. The van der Waals surface area contributed by atoms with E-state index in [1.54, 1.807) is 0 Å². The van der Waals surface area contributed by atoms with Gasteiger partial charge in [-0.2, -0.15) is 0 Å². The Hall–Kier alpha value is 0.170. The van der Waals surface area contributed by atoms with Gasteiger partial charge in [0.1, 0.15) is 4.11 Å². The Morgan fingerprint density at radius 1 is 0.696 bits per heavy atom. The highest BCUT2D eigenvalue weighted by Gasteiger charge is 2.29. The summed E-state index contributed by atoms with van der Waals surface area (Å²) < 4.78 is 6.22. The first-order chi connectivity index (χ1) is 11.2. The summed E-state index contributed by atoms with van der Waals surface area (Å²) in [7, 11) is 0. The Bertz CT molecular complexity index is 381. The summed E-state index contributed by atoms with van der Waals surface area (Å²) in [5, 5.41) is 0. The average molecular weight is 428 g/mol. The van der Waals surface area contributed by atoms with Crippen molar-refractivity contribution in [1.82, 2.24) is 0 Å². The minimum absolute atomic E-state index is 0.448. The molecule has 2 saturated carbocycles. The summed E-state index contributed by atoms with van der Waals surface area (Å²) in [6.07, 6.45) is 21.2. The summed E-state index contributed by atoms with van der Waals surface area (Å²) in [5.74, 6) is 4.36. The molecule has 0 aromatic carbocycles. The van der Waals surface area contributed by atoms with E-state index < -0.39 is 0 Å². The molecule has 2 unspecified atom stereocenters. The van der Waals surface area contributed by atoms with Gasteiger partial charge in [-0.05, 0) is 87.9 Å². The van der Waals surface area contributed by atoms with E-state index in [1.807, 2.05) is 0 Å².